The lowest BCUT2D eigenvalue weighted by atomic mass is 10.1. The molecule has 70 valence electrons. The number of pyridine rings is 1. The highest BCUT2D eigenvalue weighted by Gasteiger charge is 2.16. The molecule has 0 saturated heterocycles. The first-order valence-electron chi connectivity index (χ1n) is 4.28. The van der Waals surface area contributed by atoms with Crippen LogP contribution < -0.4 is 10.1 Å². The van der Waals surface area contributed by atoms with Crippen molar-refractivity contribution in [3.05, 3.63) is 16.2 Å². The molecule has 0 bridgehead atoms. The third-order valence-electron chi connectivity index (χ3n) is 2.19. The molecule has 0 unspecified atom stereocenters. The molecule has 0 aliphatic carbocycles. The van der Waals surface area contributed by atoms with E-state index in [9.17, 15) is 0 Å². The number of hydrogen-bond acceptors (Lipinski definition) is 3. The summed E-state index contributed by atoms with van der Waals surface area (Å²) in [7, 11) is 1.66. The summed E-state index contributed by atoms with van der Waals surface area (Å²) in [6.07, 6.45) is 3.95. The molecule has 0 saturated carbocycles. The third kappa shape index (κ3) is 1.50. The Hall–Kier alpha value is -0.770. The van der Waals surface area contributed by atoms with Crippen molar-refractivity contribution in [2.45, 2.75) is 12.8 Å². The van der Waals surface area contributed by atoms with Crippen molar-refractivity contribution in [2.75, 3.05) is 19.0 Å². The quantitative estimate of drug-likeness (QED) is 0.821. The Morgan fingerprint density at radius 3 is 3.23 bits per heavy atom. The molecule has 13 heavy (non-hydrogen) atoms. The average molecular weight is 243 g/mol. The highest BCUT2D eigenvalue weighted by molar-refractivity contribution is 9.10. The molecule has 2 heterocycles. The third-order valence-corrected chi connectivity index (χ3v) is 2.79. The lowest BCUT2D eigenvalue weighted by Gasteiger charge is -2.20. The summed E-state index contributed by atoms with van der Waals surface area (Å²) in [5.74, 6) is 0.741. The summed E-state index contributed by atoms with van der Waals surface area (Å²) >= 11 is 3.46. The van der Waals surface area contributed by atoms with Gasteiger partial charge in [-0.3, -0.25) is 0 Å². The zero-order chi connectivity index (χ0) is 9.26. The van der Waals surface area contributed by atoms with E-state index < -0.39 is 0 Å². The number of nitrogens with one attached hydrogen (secondary N) is 1. The number of halogens is 1. The zero-order valence-corrected chi connectivity index (χ0v) is 9.02. The fourth-order valence-electron chi connectivity index (χ4n) is 1.59. The minimum atomic E-state index is 0.741. The molecule has 1 aliphatic rings. The van der Waals surface area contributed by atoms with Gasteiger partial charge < -0.3 is 10.1 Å². The topological polar surface area (TPSA) is 34.1 Å². The van der Waals surface area contributed by atoms with Crippen molar-refractivity contribution >= 4 is 21.6 Å². The number of rotatable bonds is 1. The van der Waals surface area contributed by atoms with E-state index in [0.29, 0.717) is 0 Å². The number of methoxy groups -OCH3 is 1. The van der Waals surface area contributed by atoms with Gasteiger partial charge in [0.15, 0.2) is 0 Å². The van der Waals surface area contributed by atoms with E-state index in [1.165, 1.54) is 5.56 Å². The van der Waals surface area contributed by atoms with Crippen molar-refractivity contribution in [3.8, 4) is 5.88 Å². The van der Waals surface area contributed by atoms with Gasteiger partial charge >= 0.3 is 0 Å². The first-order valence-corrected chi connectivity index (χ1v) is 5.07. The first-order chi connectivity index (χ1) is 6.33. The van der Waals surface area contributed by atoms with Crippen molar-refractivity contribution in [3.63, 3.8) is 0 Å². The Morgan fingerprint density at radius 2 is 2.46 bits per heavy atom. The molecule has 0 aromatic carbocycles. The van der Waals surface area contributed by atoms with E-state index in [1.54, 1.807) is 13.3 Å². The van der Waals surface area contributed by atoms with Crippen LogP contribution in [0, 0.1) is 0 Å². The number of aromatic nitrogens is 1. The second-order valence-electron chi connectivity index (χ2n) is 3.00. The number of nitrogens with zero attached hydrogens (tertiary/aromatic N) is 1. The van der Waals surface area contributed by atoms with Crippen molar-refractivity contribution in [1.29, 1.82) is 0 Å². The monoisotopic (exact) mass is 242 g/mol. The Balaban J connectivity index is 2.52. The standard InChI is InChI=1S/C9H11BrN2O/c1-13-9-6-3-2-4-11-8(6)7(10)5-12-9/h5,11H,2-4H2,1H3. The molecular formula is C9H11BrN2O. The fourth-order valence-corrected chi connectivity index (χ4v) is 2.07. The lowest BCUT2D eigenvalue weighted by molar-refractivity contribution is 0.391. The zero-order valence-electron chi connectivity index (χ0n) is 7.43. The van der Waals surface area contributed by atoms with E-state index in [2.05, 4.69) is 26.2 Å². The van der Waals surface area contributed by atoms with Gasteiger partial charge in [-0.05, 0) is 28.8 Å². The van der Waals surface area contributed by atoms with Gasteiger partial charge in [-0.15, -0.1) is 0 Å². The first kappa shape index (κ1) is 8.81. The van der Waals surface area contributed by atoms with E-state index >= 15 is 0 Å². The second-order valence-corrected chi connectivity index (χ2v) is 3.85. The molecule has 1 aromatic heterocycles. The van der Waals surface area contributed by atoms with Crippen LogP contribution in [0.1, 0.15) is 12.0 Å². The molecule has 3 nitrogen and oxygen atoms in total. The number of anilines is 1. The molecule has 1 N–H and O–H groups in total. The Kier molecular flexibility index (Phi) is 2.40. The summed E-state index contributed by atoms with van der Waals surface area (Å²) in [6.45, 7) is 1.03. The molecule has 0 atom stereocenters. The summed E-state index contributed by atoms with van der Waals surface area (Å²) in [6, 6.07) is 0. The Bertz CT molecular complexity index is 328. The van der Waals surface area contributed by atoms with Crippen LogP contribution in [-0.4, -0.2) is 18.6 Å². The fraction of sp³-hybridized carbons (Fsp3) is 0.444. The van der Waals surface area contributed by atoms with Crippen LogP contribution in [-0.2, 0) is 6.42 Å². The van der Waals surface area contributed by atoms with E-state index in [4.69, 9.17) is 4.74 Å². The van der Waals surface area contributed by atoms with Crippen LogP contribution in [0.4, 0.5) is 5.69 Å². The summed E-state index contributed by atoms with van der Waals surface area (Å²) in [5.41, 5.74) is 2.32. The average Bonchev–Trinajstić information content (AvgIpc) is 2.19. The normalized spacial score (nSPS) is 14.6. The Labute approximate surface area is 85.6 Å². The molecule has 0 fully saturated rings. The van der Waals surface area contributed by atoms with E-state index in [-0.39, 0.29) is 0 Å². The maximum Gasteiger partial charge on any atom is 0.218 e. The van der Waals surface area contributed by atoms with Gasteiger partial charge in [-0.1, -0.05) is 0 Å². The summed E-state index contributed by atoms with van der Waals surface area (Å²) in [5, 5.41) is 3.34. The van der Waals surface area contributed by atoms with Crippen molar-refractivity contribution in [1.82, 2.24) is 4.98 Å². The Morgan fingerprint density at radius 1 is 1.62 bits per heavy atom. The molecule has 4 heteroatoms. The van der Waals surface area contributed by atoms with Crippen LogP contribution in [0.15, 0.2) is 10.7 Å². The van der Waals surface area contributed by atoms with Gasteiger partial charge in [-0.2, -0.15) is 0 Å². The SMILES string of the molecule is COc1ncc(Br)c2c1CCCN2. The second kappa shape index (κ2) is 3.54. The molecule has 0 amide bonds. The summed E-state index contributed by atoms with van der Waals surface area (Å²) in [4.78, 5) is 4.20. The van der Waals surface area contributed by atoms with Crippen LogP contribution in [0.5, 0.6) is 5.88 Å². The van der Waals surface area contributed by atoms with Crippen molar-refractivity contribution < 1.29 is 4.74 Å². The molecule has 1 aromatic rings. The van der Waals surface area contributed by atoms with E-state index in [0.717, 1.165) is 35.4 Å². The van der Waals surface area contributed by atoms with Crippen LogP contribution in [0.2, 0.25) is 0 Å². The van der Waals surface area contributed by atoms with Crippen molar-refractivity contribution in [2.24, 2.45) is 0 Å². The maximum absolute atomic E-state index is 5.20. The smallest absolute Gasteiger partial charge is 0.218 e. The molecule has 1 aliphatic heterocycles. The summed E-state index contributed by atoms with van der Waals surface area (Å²) < 4.78 is 6.21. The molecule has 2 rings (SSSR count). The van der Waals surface area contributed by atoms with Crippen LogP contribution in [0.3, 0.4) is 0 Å². The van der Waals surface area contributed by atoms with Gasteiger partial charge in [0, 0.05) is 18.3 Å². The number of ether oxygens (including phenoxy) is 1. The maximum atomic E-state index is 5.20. The minimum absolute atomic E-state index is 0.741. The van der Waals surface area contributed by atoms with Gasteiger partial charge in [0.05, 0.1) is 17.3 Å². The lowest BCUT2D eigenvalue weighted by Crippen LogP contribution is -2.13. The molecule has 0 spiro atoms. The van der Waals surface area contributed by atoms with E-state index in [1.807, 2.05) is 0 Å². The van der Waals surface area contributed by atoms with Crippen LogP contribution in [0.25, 0.3) is 0 Å². The largest absolute Gasteiger partial charge is 0.481 e. The van der Waals surface area contributed by atoms with Gasteiger partial charge in [0.25, 0.3) is 0 Å². The predicted molar refractivity (Wildman–Crippen MR) is 55.3 cm³/mol. The molecule has 0 radical (unpaired) electrons. The minimum Gasteiger partial charge on any atom is -0.481 e. The number of fused-ring (bicyclic) bond motifs is 1. The number of hydrogen-bond donors (Lipinski definition) is 1. The van der Waals surface area contributed by atoms with Gasteiger partial charge in [0.1, 0.15) is 0 Å². The molecular weight excluding hydrogens is 232 g/mol. The van der Waals surface area contributed by atoms with Crippen LogP contribution >= 0.6 is 15.9 Å². The highest BCUT2D eigenvalue weighted by Crippen LogP contribution is 2.34. The predicted octanol–water partition coefficient (Wildman–Crippen LogP) is 2.21. The highest BCUT2D eigenvalue weighted by atomic mass is 79.9. The van der Waals surface area contributed by atoms with Gasteiger partial charge in [0.2, 0.25) is 5.88 Å². The van der Waals surface area contributed by atoms with Gasteiger partial charge in [-0.25, -0.2) is 4.98 Å².